The third kappa shape index (κ3) is 5.38. The quantitative estimate of drug-likeness (QED) is 0.499. The summed E-state index contributed by atoms with van der Waals surface area (Å²) < 4.78 is 24.8. The minimum Gasteiger partial charge on any atom is -0.489 e. The smallest absolute Gasteiger partial charge is 0.254 e. The van der Waals surface area contributed by atoms with E-state index in [1.165, 1.54) is 12.1 Å². The fraction of sp³-hybridized carbons (Fsp3) is 0.250. The van der Waals surface area contributed by atoms with Crippen LogP contribution in [-0.4, -0.2) is 48.7 Å². The monoisotopic (exact) mass is 489 g/mol. The van der Waals surface area contributed by atoms with Crippen molar-refractivity contribution in [3.8, 4) is 16.9 Å². The zero-order valence-corrected chi connectivity index (χ0v) is 19.2. The molecule has 1 aliphatic heterocycles. The molecule has 3 aromatic rings. The van der Waals surface area contributed by atoms with E-state index in [1.807, 2.05) is 12.1 Å². The number of nitrogens with zero attached hydrogens (tertiary/aromatic N) is 2. The molecule has 1 fully saturated rings. The number of hydrogen-bond acceptors (Lipinski definition) is 5. The zero-order valence-electron chi connectivity index (χ0n) is 17.7. The van der Waals surface area contributed by atoms with Gasteiger partial charge in [0.2, 0.25) is 0 Å². The van der Waals surface area contributed by atoms with Crippen molar-refractivity contribution in [2.24, 2.45) is 0 Å². The average Bonchev–Trinajstić information content (AvgIpc) is 2.85. The number of halogens is 3. The third-order valence-corrected chi connectivity index (χ3v) is 6.16. The fourth-order valence-electron chi connectivity index (χ4n) is 3.54. The number of amides is 1. The van der Waals surface area contributed by atoms with Gasteiger partial charge in [0.1, 0.15) is 5.82 Å². The molecule has 172 valence electrons. The Morgan fingerprint density at radius 2 is 1.85 bits per heavy atom. The second kappa shape index (κ2) is 10.4. The van der Waals surface area contributed by atoms with Crippen LogP contribution in [0.4, 0.5) is 10.2 Å². The molecule has 0 radical (unpaired) electrons. The van der Waals surface area contributed by atoms with Crippen LogP contribution in [0, 0.1) is 5.82 Å². The van der Waals surface area contributed by atoms with Crippen LogP contribution in [-0.2, 0) is 11.2 Å². The van der Waals surface area contributed by atoms with Crippen molar-refractivity contribution in [2.75, 3.05) is 38.6 Å². The van der Waals surface area contributed by atoms with Gasteiger partial charge in [-0.3, -0.25) is 4.79 Å². The standard InChI is InChI=1S/C24H22Cl2FN3O3/c25-19-5-6-20(27)22(26)18(19)7-10-33-21-13-17(14-29-23(21)28)15-1-3-16(4-2-15)24(31)30-8-11-32-12-9-30/h1-6,13-14H,7-12H2,(H2,28,29). The Labute approximate surface area is 201 Å². The Hall–Kier alpha value is -2.87. The maximum Gasteiger partial charge on any atom is 0.254 e. The number of pyridine rings is 1. The van der Waals surface area contributed by atoms with Crippen molar-refractivity contribution in [1.82, 2.24) is 9.88 Å². The van der Waals surface area contributed by atoms with E-state index in [0.29, 0.717) is 54.6 Å². The van der Waals surface area contributed by atoms with Gasteiger partial charge in [-0.15, -0.1) is 0 Å². The Balaban J connectivity index is 1.45. The number of ether oxygens (including phenoxy) is 2. The highest BCUT2D eigenvalue weighted by Crippen LogP contribution is 2.30. The van der Waals surface area contributed by atoms with Gasteiger partial charge in [-0.05, 0) is 41.5 Å². The van der Waals surface area contributed by atoms with Crippen LogP contribution in [0.2, 0.25) is 10.0 Å². The first-order valence-electron chi connectivity index (χ1n) is 10.4. The number of hydrogen-bond donors (Lipinski definition) is 1. The maximum absolute atomic E-state index is 13.7. The molecule has 0 atom stereocenters. The first-order chi connectivity index (χ1) is 15.9. The summed E-state index contributed by atoms with van der Waals surface area (Å²) in [4.78, 5) is 18.6. The maximum atomic E-state index is 13.7. The Morgan fingerprint density at radius 1 is 1.12 bits per heavy atom. The van der Waals surface area contributed by atoms with Gasteiger partial charge >= 0.3 is 0 Å². The molecule has 6 nitrogen and oxygen atoms in total. The summed E-state index contributed by atoms with van der Waals surface area (Å²) in [6, 6.07) is 11.8. The molecular formula is C24H22Cl2FN3O3. The van der Waals surface area contributed by atoms with Crippen molar-refractivity contribution in [3.63, 3.8) is 0 Å². The Bertz CT molecular complexity index is 1150. The molecule has 1 saturated heterocycles. The summed E-state index contributed by atoms with van der Waals surface area (Å²) in [7, 11) is 0. The van der Waals surface area contributed by atoms with Gasteiger partial charge in [-0.25, -0.2) is 9.37 Å². The van der Waals surface area contributed by atoms with Crippen LogP contribution in [0.3, 0.4) is 0 Å². The summed E-state index contributed by atoms with van der Waals surface area (Å²) in [6.45, 7) is 2.48. The van der Waals surface area contributed by atoms with Gasteiger partial charge in [0.05, 0.1) is 24.8 Å². The highest BCUT2D eigenvalue weighted by Gasteiger charge is 2.18. The summed E-state index contributed by atoms with van der Waals surface area (Å²) in [6.07, 6.45) is 1.94. The van der Waals surface area contributed by atoms with Crippen LogP contribution in [0.5, 0.6) is 5.75 Å². The van der Waals surface area contributed by atoms with Crippen molar-refractivity contribution in [1.29, 1.82) is 0 Å². The molecule has 2 heterocycles. The van der Waals surface area contributed by atoms with Gasteiger partial charge in [0.25, 0.3) is 5.91 Å². The van der Waals surface area contributed by atoms with Crippen LogP contribution >= 0.6 is 23.2 Å². The highest BCUT2D eigenvalue weighted by molar-refractivity contribution is 6.36. The number of aromatic nitrogens is 1. The first-order valence-corrected chi connectivity index (χ1v) is 11.2. The highest BCUT2D eigenvalue weighted by atomic mass is 35.5. The normalized spacial score (nSPS) is 13.7. The van der Waals surface area contributed by atoms with E-state index < -0.39 is 5.82 Å². The first kappa shape index (κ1) is 23.3. The molecule has 2 aromatic carbocycles. The van der Waals surface area contributed by atoms with Crippen molar-refractivity contribution in [2.45, 2.75) is 6.42 Å². The lowest BCUT2D eigenvalue weighted by atomic mass is 10.0. The number of carbonyl (C=O) groups is 1. The minimum absolute atomic E-state index is 0.0148. The molecule has 0 bridgehead atoms. The van der Waals surface area contributed by atoms with Crippen molar-refractivity contribution < 1.29 is 18.7 Å². The second-order valence-corrected chi connectivity index (χ2v) is 8.29. The van der Waals surface area contributed by atoms with Crippen molar-refractivity contribution >= 4 is 34.9 Å². The lowest BCUT2D eigenvalue weighted by Gasteiger charge is -2.26. The summed E-state index contributed by atoms with van der Waals surface area (Å²) in [5, 5.41) is 0.356. The van der Waals surface area contributed by atoms with Gasteiger partial charge in [0.15, 0.2) is 11.6 Å². The zero-order chi connectivity index (χ0) is 23.4. The third-order valence-electron chi connectivity index (χ3n) is 5.39. The minimum atomic E-state index is -0.533. The number of nitrogens with two attached hydrogens (primary N) is 1. The van der Waals surface area contributed by atoms with E-state index in [0.717, 1.165) is 11.1 Å². The molecular weight excluding hydrogens is 468 g/mol. The predicted octanol–water partition coefficient (Wildman–Crippen LogP) is 4.87. The average molecular weight is 490 g/mol. The van der Waals surface area contributed by atoms with Gasteiger partial charge in [-0.2, -0.15) is 0 Å². The lowest BCUT2D eigenvalue weighted by molar-refractivity contribution is 0.0303. The van der Waals surface area contributed by atoms with E-state index in [4.69, 9.17) is 38.4 Å². The molecule has 2 N–H and O–H groups in total. The van der Waals surface area contributed by atoms with E-state index in [1.54, 1.807) is 29.3 Å². The Morgan fingerprint density at radius 3 is 2.58 bits per heavy atom. The summed E-state index contributed by atoms with van der Waals surface area (Å²) in [5.41, 5.74) is 8.70. The second-order valence-electron chi connectivity index (χ2n) is 7.51. The van der Waals surface area contributed by atoms with E-state index in [2.05, 4.69) is 4.98 Å². The van der Waals surface area contributed by atoms with Crippen molar-refractivity contribution in [3.05, 3.63) is 75.7 Å². The summed E-state index contributed by atoms with van der Waals surface area (Å²) in [5.74, 6) is 0.0766. The number of anilines is 1. The molecule has 0 saturated carbocycles. The molecule has 0 aliphatic carbocycles. The number of nitrogen functional groups attached to an aromatic ring is 1. The molecule has 1 aromatic heterocycles. The molecule has 1 amide bonds. The molecule has 1 aliphatic rings. The van der Waals surface area contributed by atoms with Crippen LogP contribution in [0.25, 0.3) is 11.1 Å². The number of morpholine rings is 1. The number of carbonyl (C=O) groups excluding carboxylic acids is 1. The van der Waals surface area contributed by atoms with Crippen LogP contribution in [0.15, 0.2) is 48.7 Å². The lowest BCUT2D eigenvalue weighted by Crippen LogP contribution is -2.40. The van der Waals surface area contributed by atoms with E-state index >= 15 is 0 Å². The molecule has 0 unspecified atom stereocenters. The van der Waals surface area contributed by atoms with Gasteiger partial charge in [0, 0.05) is 41.9 Å². The van der Waals surface area contributed by atoms with Gasteiger partial charge < -0.3 is 20.1 Å². The fourth-order valence-corrected chi connectivity index (χ4v) is 4.10. The van der Waals surface area contributed by atoms with Gasteiger partial charge in [-0.1, -0.05) is 35.3 Å². The molecule has 9 heteroatoms. The summed E-state index contributed by atoms with van der Waals surface area (Å²) >= 11 is 12.1. The molecule has 0 spiro atoms. The SMILES string of the molecule is Nc1ncc(-c2ccc(C(=O)N3CCOCC3)cc2)cc1OCCc1c(Cl)ccc(F)c1Cl. The number of rotatable bonds is 6. The predicted molar refractivity (Wildman–Crippen MR) is 126 cm³/mol. The van der Waals surface area contributed by atoms with E-state index in [-0.39, 0.29) is 23.4 Å². The Kier molecular flexibility index (Phi) is 7.33. The molecule has 4 rings (SSSR count). The number of benzene rings is 2. The molecule has 33 heavy (non-hydrogen) atoms. The largest absolute Gasteiger partial charge is 0.489 e. The topological polar surface area (TPSA) is 77.7 Å². The van der Waals surface area contributed by atoms with E-state index in [9.17, 15) is 9.18 Å². The van der Waals surface area contributed by atoms with Crippen LogP contribution in [0.1, 0.15) is 15.9 Å². The van der Waals surface area contributed by atoms with Crippen LogP contribution < -0.4 is 10.5 Å².